The normalized spacial score (nSPS) is 14.8. The van der Waals surface area contributed by atoms with Crippen LogP contribution in [-0.2, 0) is 4.79 Å². The van der Waals surface area contributed by atoms with Crippen molar-refractivity contribution in [3.05, 3.63) is 35.9 Å². The van der Waals surface area contributed by atoms with Crippen molar-refractivity contribution in [2.45, 2.75) is 52.6 Å². The number of hydrogen-bond acceptors (Lipinski definition) is 2. The molecule has 0 aliphatic carbocycles. The van der Waals surface area contributed by atoms with Gasteiger partial charge in [0.1, 0.15) is 0 Å². The Bertz CT molecular complexity index is 395. The van der Waals surface area contributed by atoms with E-state index in [4.69, 9.17) is 5.73 Å². The quantitative estimate of drug-likeness (QED) is 0.857. The van der Waals surface area contributed by atoms with Crippen LogP contribution in [0.15, 0.2) is 30.3 Å². The average molecular weight is 262 g/mol. The summed E-state index contributed by atoms with van der Waals surface area (Å²) in [6, 6.07) is 9.61. The van der Waals surface area contributed by atoms with Crippen LogP contribution >= 0.6 is 0 Å². The van der Waals surface area contributed by atoms with Gasteiger partial charge in [-0.3, -0.25) is 4.79 Å². The van der Waals surface area contributed by atoms with E-state index in [0.29, 0.717) is 0 Å². The highest BCUT2D eigenvalue weighted by molar-refractivity contribution is 5.81. The Kier molecular flexibility index (Phi) is 5.55. The largest absolute Gasteiger partial charge is 0.347 e. The van der Waals surface area contributed by atoms with E-state index in [1.807, 2.05) is 37.3 Å². The summed E-state index contributed by atoms with van der Waals surface area (Å²) < 4.78 is 0. The van der Waals surface area contributed by atoms with E-state index in [1.165, 1.54) is 0 Å². The first kappa shape index (κ1) is 15.7. The predicted octanol–water partition coefficient (Wildman–Crippen LogP) is 3.02. The number of nitrogens with one attached hydrogen (secondary N) is 1. The molecule has 0 spiro atoms. The van der Waals surface area contributed by atoms with Crippen LogP contribution in [0.1, 0.15) is 52.1 Å². The van der Waals surface area contributed by atoms with Gasteiger partial charge >= 0.3 is 0 Å². The molecule has 2 atom stereocenters. The standard InChI is InChI=1S/C16H26N2O/c1-5-9-13(17)15(19)18-14(16(2,3)4)12-10-7-6-8-11-12/h6-8,10-11,13-14H,5,9,17H2,1-4H3,(H,18,19)/t13-,14?/m0/s1. The summed E-state index contributed by atoms with van der Waals surface area (Å²) in [4.78, 5) is 12.1. The number of benzene rings is 1. The molecule has 0 saturated heterocycles. The molecule has 0 saturated carbocycles. The highest BCUT2D eigenvalue weighted by Crippen LogP contribution is 2.32. The zero-order valence-electron chi connectivity index (χ0n) is 12.4. The second kappa shape index (κ2) is 6.71. The molecule has 1 aromatic rings. The Morgan fingerprint density at radius 1 is 1.26 bits per heavy atom. The molecule has 1 amide bonds. The van der Waals surface area contributed by atoms with Gasteiger partial charge in [-0.25, -0.2) is 0 Å². The van der Waals surface area contributed by atoms with Crippen molar-refractivity contribution in [2.75, 3.05) is 0 Å². The number of rotatable bonds is 5. The van der Waals surface area contributed by atoms with Gasteiger partial charge in [-0.2, -0.15) is 0 Å². The number of nitrogens with two attached hydrogens (primary N) is 1. The van der Waals surface area contributed by atoms with E-state index in [0.717, 1.165) is 18.4 Å². The van der Waals surface area contributed by atoms with Crippen molar-refractivity contribution in [2.24, 2.45) is 11.1 Å². The molecule has 106 valence electrons. The monoisotopic (exact) mass is 262 g/mol. The lowest BCUT2D eigenvalue weighted by molar-refractivity contribution is -0.124. The molecule has 0 heterocycles. The zero-order valence-corrected chi connectivity index (χ0v) is 12.4. The smallest absolute Gasteiger partial charge is 0.237 e. The highest BCUT2D eigenvalue weighted by Gasteiger charge is 2.28. The summed E-state index contributed by atoms with van der Waals surface area (Å²) >= 11 is 0. The Labute approximate surface area is 116 Å². The van der Waals surface area contributed by atoms with Gasteiger partial charge in [0, 0.05) is 0 Å². The van der Waals surface area contributed by atoms with E-state index in [2.05, 4.69) is 26.1 Å². The topological polar surface area (TPSA) is 55.1 Å². The molecule has 0 radical (unpaired) electrons. The fourth-order valence-corrected chi connectivity index (χ4v) is 2.14. The lowest BCUT2D eigenvalue weighted by atomic mass is 9.82. The maximum atomic E-state index is 12.1. The van der Waals surface area contributed by atoms with Crippen LogP contribution in [0, 0.1) is 5.41 Å². The summed E-state index contributed by atoms with van der Waals surface area (Å²) in [7, 11) is 0. The SMILES string of the molecule is CCC[C@H](N)C(=O)NC(c1ccccc1)C(C)(C)C. The maximum absolute atomic E-state index is 12.1. The molecule has 1 rings (SSSR count). The Balaban J connectivity index is 2.86. The second-order valence-corrected chi connectivity index (χ2v) is 6.11. The van der Waals surface area contributed by atoms with Crippen molar-refractivity contribution in [3.8, 4) is 0 Å². The lowest BCUT2D eigenvalue weighted by Gasteiger charge is -2.32. The number of amides is 1. The molecular formula is C16H26N2O. The van der Waals surface area contributed by atoms with Crippen molar-refractivity contribution in [1.29, 1.82) is 0 Å². The molecular weight excluding hydrogens is 236 g/mol. The van der Waals surface area contributed by atoms with E-state index >= 15 is 0 Å². The van der Waals surface area contributed by atoms with E-state index in [1.54, 1.807) is 0 Å². The number of carbonyl (C=O) groups is 1. The van der Waals surface area contributed by atoms with Crippen LogP contribution in [0.25, 0.3) is 0 Å². The fraction of sp³-hybridized carbons (Fsp3) is 0.562. The summed E-state index contributed by atoms with van der Waals surface area (Å²) in [6.07, 6.45) is 1.64. The minimum absolute atomic E-state index is 0.0240. The van der Waals surface area contributed by atoms with E-state index < -0.39 is 6.04 Å². The molecule has 3 heteroatoms. The number of carbonyl (C=O) groups excluding carboxylic acids is 1. The summed E-state index contributed by atoms with van der Waals surface area (Å²) in [5.41, 5.74) is 6.95. The van der Waals surface area contributed by atoms with Crippen molar-refractivity contribution in [3.63, 3.8) is 0 Å². The van der Waals surface area contributed by atoms with Crippen LogP contribution in [0.4, 0.5) is 0 Å². The maximum Gasteiger partial charge on any atom is 0.237 e. The molecule has 19 heavy (non-hydrogen) atoms. The van der Waals surface area contributed by atoms with E-state index in [-0.39, 0.29) is 17.4 Å². The zero-order chi connectivity index (χ0) is 14.5. The summed E-state index contributed by atoms with van der Waals surface area (Å²) in [5.74, 6) is -0.0642. The Morgan fingerprint density at radius 3 is 2.32 bits per heavy atom. The van der Waals surface area contributed by atoms with Crippen LogP contribution in [-0.4, -0.2) is 11.9 Å². The lowest BCUT2D eigenvalue weighted by Crippen LogP contribution is -2.45. The van der Waals surface area contributed by atoms with Crippen LogP contribution in [0.3, 0.4) is 0 Å². The van der Waals surface area contributed by atoms with Crippen LogP contribution in [0.5, 0.6) is 0 Å². The molecule has 0 fully saturated rings. The number of hydrogen-bond donors (Lipinski definition) is 2. The first-order valence-electron chi connectivity index (χ1n) is 6.97. The van der Waals surface area contributed by atoms with Crippen LogP contribution in [0.2, 0.25) is 0 Å². The predicted molar refractivity (Wildman–Crippen MR) is 79.7 cm³/mol. The van der Waals surface area contributed by atoms with Gasteiger partial charge < -0.3 is 11.1 Å². The van der Waals surface area contributed by atoms with Crippen molar-refractivity contribution >= 4 is 5.91 Å². The van der Waals surface area contributed by atoms with Gasteiger partial charge in [-0.15, -0.1) is 0 Å². The first-order chi connectivity index (χ1) is 8.86. The van der Waals surface area contributed by atoms with Crippen molar-refractivity contribution < 1.29 is 4.79 Å². The minimum Gasteiger partial charge on any atom is -0.347 e. The van der Waals surface area contributed by atoms with Gasteiger partial charge in [0.2, 0.25) is 5.91 Å². The van der Waals surface area contributed by atoms with Crippen LogP contribution < -0.4 is 11.1 Å². The van der Waals surface area contributed by atoms with Gasteiger partial charge in [-0.05, 0) is 17.4 Å². The molecule has 0 aliphatic rings. The molecule has 0 aromatic heterocycles. The average Bonchev–Trinajstić information content (AvgIpc) is 2.35. The van der Waals surface area contributed by atoms with Crippen molar-refractivity contribution in [1.82, 2.24) is 5.32 Å². The summed E-state index contributed by atoms with van der Waals surface area (Å²) in [6.45, 7) is 8.40. The molecule has 1 unspecified atom stereocenters. The van der Waals surface area contributed by atoms with Gasteiger partial charge in [0.05, 0.1) is 12.1 Å². The molecule has 0 aliphatic heterocycles. The van der Waals surface area contributed by atoms with Gasteiger partial charge in [0.15, 0.2) is 0 Å². The summed E-state index contributed by atoms with van der Waals surface area (Å²) in [5, 5.41) is 3.09. The second-order valence-electron chi connectivity index (χ2n) is 6.11. The highest BCUT2D eigenvalue weighted by atomic mass is 16.2. The van der Waals surface area contributed by atoms with E-state index in [9.17, 15) is 4.79 Å². The third-order valence-corrected chi connectivity index (χ3v) is 3.22. The minimum atomic E-state index is -0.418. The third-order valence-electron chi connectivity index (χ3n) is 3.22. The molecule has 0 bridgehead atoms. The fourth-order valence-electron chi connectivity index (χ4n) is 2.14. The van der Waals surface area contributed by atoms with Gasteiger partial charge in [0.25, 0.3) is 0 Å². The molecule has 3 nitrogen and oxygen atoms in total. The molecule has 1 aromatic carbocycles. The third kappa shape index (κ3) is 4.67. The Morgan fingerprint density at radius 2 is 1.84 bits per heavy atom. The molecule has 3 N–H and O–H groups in total. The van der Waals surface area contributed by atoms with Gasteiger partial charge in [-0.1, -0.05) is 64.4 Å². The Hall–Kier alpha value is -1.35. The first-order valence-corrected chi connectivity index (χ1v) is 6.97.